The standard InChI is InChI=1S/C11H13ClFNO3S/c1-3-7(2)11(15)14-10-5-4-8(6-9(10)13)18(12,16)17/h4-7H,3H2,1-2H3,(H,14,15). The predicted octanol–water partition coefficient (Wildman–Crippen LogP) is 2.74. The smallest absolute Gasteiger partial charge is 0.261 e. The molecule has 0 spiro atoms. The van der Waals surface area contributed by atoms with E-state index in [-0.39, 0.29) is 22.4 Å². The number of halogens is 2. The molecule has 0 radical (unpaired) electrons. The molecule has 0 aliphatic heterocycles. The van der Waals surface area contributed by atoms with Crippen molar-refractivity contribution in [3.8, 4) is 0 Å². The van der Waals surface area contributed by atoms with Gasteiger partial charge in [0.15, 0.2) is 0 Å². The summed E-state index contributed by atoms with van der Waals surface area (Å²) in [5, 5.41) is 2.39. The molecule has 18 heavy (non-hydrogen) atoms. The van der Waals surface area contributed by atoms with Gasteiger partial charge in [0.2, 0.25) is 5.91 Å². The molecule has 0 aromatic heterocycles. The number of hydrogen-bond acceptors (Lipinski definition) is 3. The molecule has 1 unspecified atom stereocenters. The Morgan fingerprint density at radius 1 is 1.50 bits per heavy atom. The number of hydrogen-bond donors (Lipinski definition) is 1. The lowest BCUT2D eigenvalue weighted by Crippen LogP contribution is -2.20. The Hall–Kier alpha value is -1.14. The monoisotopic (exact) mass is 293 g/mol. The van der Waals surface area contributed by atoms with E-state index in [9.17, 15) is 17.6 Å². The van der Waals surface area contributed by atoms with E-state index >= 15 is 0 Å². The third-order valence-corrected chi connectivity index (χ3v) is 3.89. The maximum absolute atomic E-state index is 13.6. The second kappa shape index (κ2) is 5.67. The highest BCUT2D eigenvalue weighted by Crippen LogP contribution is 2.22. The van der Waals surface area contributed by atoms with E-state index in [2.05, 4.69) is 5.32 Å². The fraction of sp³-hybridized carbons (Fsp3) is 0.364. The molecule has 1 rings (SSSR count). The summed E-state index contributed by atoms with van der Waals surface area (Å²) in [5.74, 6) is -1.41. The highest BCUT2D eigenvalue weighted by molar-refractivity contribution is 8.13. The lowest BCUT2D eigenvalue weighted by Gasteiger charge is -2.11. The van der Waals surface area contributed by atoms with E-state index in [1.807, 2.05) is 6.92 Å². The maximum atomic E-state index is 13.6. The first-order valence-corrected chi connectivity index (χ1v) is 7.61. The molecule has 7 heteroatoms. The summed E-state index contributed by atoms with van der Waals surface area (Å²) >= 11 is 0. The summed E-state index contributed by atoms with van der Waals surface area (Å²) in [5.41, 5.74) is -0.0654. The summed E-state index contributed by atoms with van der Waals surface area (Å²) in [6.07, 6.45) is 0.627. The molecule has 1 N–H and O–H groups in total. The summed E-state index contributed by atoms with van der Waals surface area (Å²) < 4.78 is 35.5. The highest BCUT2D eigenvalue weighted by Gasteiger charge is 2.16. The van der Waals surface area contributed by atoms with E-state index in [4.69, 9.17) is 10.7 Å². The number of nitrogens with one attached hydrogen (secondary N) is 1. The van der Waals surface area contributed by atoms with Gasteiger partial charge in [0.05, 0.1) is 10.6 Å². The quantitative estimate of drug-likeness (QED) is 0.868. The van der Waals surface area contributed by atoms with Crippen molar-refractivity contribution in [1.82, 2.24) is 0 Å². The summed E-state index contributed by atoms with van der Waals surface area (Å²) in [6.45, 7) is 3.55. The van der Waals surface area contributed by atoms with E-state index in [1.165, 1.54) is 6.07 Å². The van der Waals surface area contributed by atoms with Gasteiger partial charge in [-0.25, -0.2) is 12.8 Å². The number of anilines is 1. The van der Waals surface area contributed by atoms with Crippen LogP contribution in [0.1, 0.15) is 20.3 Å². The predicted molar refractivity (Wildman–Crippen MR) is 67.5 cm³/mol. The van der Waals surface area contributed by atoms with Gasteiger partial charge in [-0.15, -0.1) is 0 Å². The average Bonchev–Trinajstić information content (AvgIpc) is 2.29. The Morgan fingerprint density at radius 3 is 2.56 bits per heavy atom. The Labute approximate surface area is 110 Å². The van der Waals surface area contributed by atoms with Crippen molar-refractivity contribution < 1.29 is 17.6 Å². The number of carbonyl (C=O) groups excluding carboxylic acids is 1. The second-order valence-corrected chi connectivity index (χ2v) is 6.44. The lowest BCUT2D eigenvalue weighted by atomic mass is 10.1. The van der Waals surface area contributed by atoms with Crippen LogP contribution in [0.2, 0.25) is 0 Å². The molecule has 0 bridgehead atoms. The SMILES string of the molecule is CCC(C)C(=O)Nc1ccc(S(=O)(=O)Cl)cc1F. The molecule has 0 heterocycles. The van der Waals surface area contributed by atoms with Gasteiger partial charge in [-0.3, -0.25) is 4.79 Å². The van der Waals surface area contributed by atoms with Gasteiger partial charge in [-0.2, -0.15) is 0 Å². The first-order valence-electron chi connectivity index (χ1n) is 5.30. The van der Waals surface area contributed by atoms with Gasteiger partial charge in [-0.1, -0.05) is 13.8 Å². The molecule has 1 amide bonds. The van der Waals surface area contributed by atoms with E-state index in [1.54, 1.807) is 6.92 Å². The first-order chi connectivity index (χ1) is 8.25. The van der Waals surface area contributed by atoms with Gasteiger partial charge >= 0.3 is 0 Å². The minimum Gasteiger partial charge on any atom is -0.323 e. The Balaban J connectivity index is 2.97. The minimum absolute atomic E-state index is 0.0654. The number of amides is 1. The highest BCUT2D eigenvalue weighted by atomic mass is 35.7. The van der Waals surface area contributed by atoms with Crippen LogP contribution in [0, 0.1) is 11.7 Å². The number of benzene rings is 1. The van der Waals surface area contributed by atoms with Crippen molar-refractivity contribution >= 4 is 31.3 Å². The Bertz CT molecular complexity index is 559. The number of rotatable bonds is 4. The van der Waals surface area contributed by atoms with Crippen LogP contribution in [0.25, 0.3) is 0 Å². The van der Waals surface area contributed by atoms with Crippen molar-refractivity contribution in [2.24, 2.45) is 5.92 Å². The largest absolute Gasteiger partial charge is 0.323 e. The van der Waals surface area contributed by atoms with Crippen molar-refractivity contribution in [2.75, 3.05) is 5.32 Å². The third kappa shape index (κ3) is 3.68. The van der Waals surface area contributed by atoms with E-state index in [0.717, 1.165) is 12.1 Å². The molecule has 0 aliphatic carbocycles. The van der Waals surface area contributed by atoms with Crippen LogP contribution < -0.4 is 5.32 Å². The van der Waals surface area contributed by atoms with Crippen LogP contribution in [-0.2, 0) is 13.8 Å². The summed E-state index contributed by atoms with van der Waals surface area (Å²) in [4.78, 5) is 11.2. The van der Waals surface area contributed by atoms with Crippen LogP contribution in [-0.4, -0.2) is 14.3 Å². The Morgan fingerprint density at radius 2 is 2.11 bits per heavy atom. The van der Waals surface area contributed by atoms with Crippen molar-refractivity contribution in [1.29, 1.82) is 0 Å². The molecular formula is C11H13ClFNO3S. The van der Waals surface area contributed by atoms with Crippen LogP contribution in [0.5, 0.6) is 0 Å². The zero-order valence-corrected chi connectivity index (χ0v) is 11.5. The van der Waals surface area contributed by atoms with Crippen molar-refractivity contribution in [3.05, 3.63) is 24.0 Å². The van der Waals surface area contributed by atoms with Crippen molar-refractivity contribution in [3.63, 3.8) is 0 Å². The van der Waals surface area contributed by atoms with Gasteiger partial charge < -0.3 is 5.32 Å². The normalized spacial score (nSPS) is 13.1. The molecular weight excluding hydrogens is 281 g/mol. The zero-order valence-electron chi connectivity index (χ0n) is 9.91. The van der Waals surface area contributed by atoms with Gasteiger partial charge in [0, 0.05) is 16.6 Å². The molecule has 0 fully saturated rings. The van der Waals surface area contributed by atoms with Gasteiger partial charge in [0.1, 0.15) is 5.82 Å². The molecule has 1 aromatic carbocycles. The molecule has 1 atom stereocenters. The zero-order chi connectivity index (χ0) is 13.9. The third-order valence-electron chi connectivity index (χ3n) is 2.54. The summed E-state index contributed by atoms with van der Waals surface area (Å²) in [6, 6.07) is 3.08. The molecule has 0 saturated heterocycles. The summed E-state index contributed by atoms with van der Waals surface area (Å²) in [7, 11) is 1.11. The Kier molecular flexibility index (Phi) is 4.70. The van der Waals surface area contributed by atoms with Crippen LogP contribution >= 0.6 is 10.7 Å². The first kappa shape index (κ1) is 14.9. The van der Waals surface area contributed by atoms with Gasteiger partial charge in [0.25, 0.3) is 9.05 Å². The van der Waals surface area contributed by atoms with Crippen LogP contribution in [0.4, 0.5) is 10.1 Å². The van der Waals surface area contributed by atoms with E-state index < -0.39 is 14.9 Å². The molecule has 0 aliphatic rings. The molecule has 4 nitrogen and oxygen atoms in total. The van der Waals surface area contributed by atoms with Gasteiger partial charge in [-0.05, 0) is 24.6 Å². The lowest BCUT2D eigenvalue weighted by molar-refractivity contribution is -0.119. The number of carbonyl (C=O) groups is 1. The van der Waals surface area contributed by atoms with Crippen molar-refractivity contribution in [2.45, 2.75) is 25.2 Å². The molecule has 0 saturated carbocycles. The molecule has 100 valence electrons. The topological polar surface area (TPSA) is 63.2 Å². The molecule has 1 aromatic rings. The fourth-order valence-electron chi connectivity index (χ4n) is 1.19. The fourth-order valence-corrected chi connectivity index (χ4v) is 1.95. The van der Waals surface area contributed by atoms with Crippen LogP contribution in [0.3, 0.4) is 0 Å². The maximum Gasteiger partial charge on any atom is 0.261 e. The average molecular weight is 294 g/mol. The second-order valence-electron chi connectivity index (χ2n) is 3.88. The minimum atomic E-state index is -3.97. The van der Waals surface area contributed by atoms with Crippen LogP contribution in [0.15, 0.2) is 23.1 Å². The van der Waals surface area contributed by atoms with E-state index in [0.29, 0.717) is 6.42 Å².